The van der Waals surface area contributed by atoms with Gasteiger partial charge in [0, 0.05) is 0 Å². The van der Waals surface area contributed by atoms with Crippen molar-refractivity contribution in [3.63, 3.8) is 0 Å². The van der Waals surface area contributed by atoms with Crippen LogP contribution < -0.4 is 0 Å². The molecule has 0 aliphatic rings. The van der Waals surface area contributed by atoms with Crippen LogP contribution >= 0.6 is 15.6 Å². The molecule has 13 heteroatoms. The monoisotopic (exact) mass is 386 g/mol. The van der Waals surface area contributed by atoms with E-state index < -0.39 is 33.7 Å². The molecule has 1 unspecified atom stereocenters. The molecule has 0 saturated heterocycles. The molecule has 24 heavy (non-hydrogen) atoms. The zero-order valence-electron chi connectivity index (χ0n) is 12.5. The number of carboxylic acid groups (broad SMARTS) is 2. The lowest BCUT2D eigenvalue weighted by Gasteiger charge is -2.14. The van der Waals surface area contributed by atoms with Crippen molar-refractivity contribution in [2.24, 2.45) is 0 Å². The van der Waals surface area contributed by atoms with Crippen molar-refractivity contribution in [3.8, 4) is 0 Å². The van der Waals surface area contributed by atoms with Gasteiger partial charge in [0.1, 0.15) is 0 Å². The van der Waals surface area contributed by atoms with Crippen molar-refractivity contribution in [1.29, 1.82) is 0 Å². The van der Waals surface area contributed by atoms with Gasteiger partial charge >= 0.3 is 27.6 Å². The van der Waals surface area contributed by atoms with Crippen LogP contribution in [0.5, 0.6) is 0 Å². The summed E-state index contributed by atoms with van der Waals surface area (Å²) in [5.74, 6) is -2.46. The summed E-state index contributed by atoms with van der Waals surface area (Å²) < 4.78 is 28.4. The first kappa shape index (κ1) is 22.4. The summed E-state index contributed by atoms with van der Waals surface area (Å²) in [7, 11) is -9.61. The Morgan fingerprint density at radius 1 is 0.958 bits per heavy atom. The Balaban J connectivity index is 0.000000441. The number of carbonyl (C=O) groups is 2. The van der Waals surface area contributed by atoms with E-state index in [4.69, 9.17) is 24.9 Å². The summed E-state index contributed by atoms with van der Waals surface area (Å²) in [5, 5.41) is 17.1. The van der Waals surface area contributed by atoms with Crippen LogP contribution in [0.25, 0.3) is 0 Å². The summed E-state index contributed by atoms with van der Waals surface area (Å²) in [6.07, 6.45) is -0.660. The molecule has 0 spiro atoms. The van der Waals surface area contributed by atoms with Gasteiger partial charge in [0.25, 0.3) is 0 Å². The summed E-state index contributed by atoms with van der Waals surface area (Å²) in [4.78, 5) is 45.9. The first-order chi connectivity index (χ1) is 10.7. The van der Waals surface area contributed by atoms with Crippen LogP contribution in [0.3, 0.4) is 0 Å². The Bertz CT molecular complexity index is 645. The second-order valence-electron chi connectivity index (χ2n) is 4.35. The average Bonchev–Trinajstić information content (AvgIpc) is 2.34. The molecule has 1 rings (SSSR count). The van der Waals surface area contributed by atoms with Gasteiger partial charge in [0.05, 0.1) is 17.2 Å². The number of benzene rings is 1. The molecule has 0 fully saturated rings. The van der Waals surface area contributed by atoms with E-state index in [2.05, 4.69) is 8.83 Å². The van der Waals surface area contributed by atoms with Crippen LogP contribution in [0, 0.1) is 0 Å². The lowest BCUT2D eigenvalue weighted by atomic mass is 10.1. The van der Waals surface area contributed by atoms with E-state index in [1.54, 1.807) is 0 Å². The van der Waals surface area contributed by atoms with Gasteiger partial charge in [-0.05, 0) is 26.0 Å². The first-order valence-electron chi connectivity index (χ1n) is 6.09. The molecule has 0 bridgehead atoms. The third kappa shape index (κ3) is 9.53. The average molecular weight is 386 g/mol. The van der Waals surface area contributed by atoms with Crippen LogP contribution in [0.2, 0.25) is 0 Å². The number of aromatic carboxylic acids is 2. The molecule has 136 valence electrons. The van der Waals surface area contributed by atoms with Crippen molar-refractivity contribution < 1.29 is 52.4 Å². The molecule has 0 aliphatic carbocycles. The number of carboxylic acids is 2. The molecule has 0 aliphatic heterocycles. The molecule has 0 aromatic heterocycles. The standard InChI is InChI=1S/C8H6O4.C3H10O7P2/c9-7(10)5-3-1-2-4-6(5)8(11)12;1-3(2)9-12(7,8)10-11(4,5)6/h1-4H,(H,9,10)(H,11,12);3H,1-2H3,(H,7,8)(H2,4,5,6). The molecule has 0 saturated carbocycles. The lowest BCUT2D eigenvalue weighted by molar-refractivity contribution is 0.0651. The van der Waals surface area contributed by atoms with Gasteiger partial charge in [0.15, 0.2) is 0 Å². The van der Waals surface area contributed by atoms with Crippen molar-refractivity contribution in [2.45, 2.75) is 20.0 Å². The van der Waals surface area contributed by atoms with E-state index in [0.29, 0.717) is 0 Å². The summed E-state index contributed by atoms with van der Waals surface area (Å²) >= 11 is 0. The Labute approximate surface area is 136 Å². The molecule has 0 radical (unpaired) electrons. The largest absolute Gasteiger partial charge is 0.481 e. The van der Waals surface area contributed by atoms with Crippen molar-refractivity contribution in [1.82, 2.24) is 0 Å². The highest BCUT2D eigenvalue weighted by atomic mass is 31.3. The van der Waals surface area contributed by atoms with E-state index in [1.165, 1.54) is 38.1 Å². The molecule has 0 amide bonds. The van der Waals surface area contributed by atoms with E-state index in [1.807, 2.05) is 0 Å². The van der Waals surface area contributed by atoms with E-state index >= 15 is 0 Å². The number of hydrogen-bond donors (Lipinski definition) is 5. The molecule has 5 N–H and O–H groups in total. The minimum absolute atomic E-state index is 0.190. The normalized spacial score (nSPS) is 13.6. The van der Waals surface area contributed by atoms with Crippen LogP contribution in [-0.4, -0.2) is 42.9 Å². The van der Waals surface area contributed by atoms with Gasteiger partial charge in [-0.15, -0.1) is 0 Å². The van der Waals surface area contributed by atoms with Crippen molar-refractivity contribution in [2.75, 3.05) is 0 Å². The van der Waals surface area contributed by atoms with Gasteiger partial charge < -0.3 is 24.9 Å². The predicted octanol–water partition coefficient (Wildman–Crippen LogP) is 1.70. The maximum atomic E-state index is 10.7. The lowest BCUT2D eigenvalue weighted by Crippen LogP contribution is -2.06. The highest BCUT2D eigenvalue weighted by Crippen LogP contribution is 2.58. The third-order valence-corrected chi connectivity index (χ3v) is 4.31. The topological polar surface area (TPSA) is 188 Å². The van der Waals surface area contributed by atoms with Gasteiger partial charge in [0.2, 0.25) is 0 Å². The predicted molar refractivity (Wildman–Crippen MR) is 79.5 cm³/mol. The Morgan fingerprint density at radius 3 is 1.58 bits per heavy atom. The van der Waals surface area contributed by atoms with Gasteiger partial charge in [-0.1, -0.05) is 12.1 Å². The Morgan fingerprint density at radius 2 is 1.33 bits per heavy atom. The van der Waals surface area contributed by atoms with Gasteiger partial charge in [-0.2, -0.15) is 4.31 Å². The van der Waals surface area contributed by atoms with E-state index in [9.17, 15) is 18.7 Å². The molecule has 11 nitrogen and oxygen atoms in total. The quantitative estimate of drug-likeness (QED) is 0.448. The second-order valence-corrected chi connectivity index (χ2v) is 7.13. The molecule has 1 aromatic rings. The van der Waals surface area contributed by atoms with Gasteiger partial charge in [-0.25, -0.2) is 18.7 Å². The van der Waals surface area contributed by atoms with Crippen LogP contribution in [0.15, 0.2) is 24.3 Å². The minimum Gasteiger partial charge on any atom is -0.478 e. The summed E-state index contributed by atoms with van der Waals surface area (Å²) in [6.45, 7) is 2.85. The van der Waals surface area contributed by atoms with Crippen LogP contribution in [-0.2, 0) is 18.0 Å². The number of phosphoric ester groups is 1. The zero-order valence-corrected chi connectivity index (χ0v) is 14.3. The fourth-order valence-electron chi connectivity index (χ4n) is 1.28. The van der Waals surface area contributed by atoms with E-state index in [-0.39, 0.29) is 11.1 Å². The zero-order chi connectivity index (χ0) is 19.1. The smallest absolute Gasteiger partial charge is 0.478 e. The Kier molecular flexibility index (Phi) is 8.45. The maximum Gasteiger partial charge on any atom is 0.481 e. The second kappa shape index (κ2) is 9.05. The maximum absolute atomic E-state index is 10.7. The SMILES string of the molecule is CC(C)OP(=O)(O)OP(=O)(O)O.O=C(O)c1ccccc1C(=O)O. The highest BCUT2D eigenvalue weighted by molar-refractivity contribution is 7.60. The number of phosphoric acid groups is 2. The summed E-state index contributed by atoms with van der Waals surface area (Å²) in [5.41, 5.74) is -0.380. The summed E-state index contributed by atoms with van der Waals surface area (Å²) in [6, 6.07) is 5.48. The molecule has 1 aromatic carbocycles. The molecule has 1 atom stereocenters. The van der Waals surface area contributed by atoms with Crippen LogP contribution in [0.4, 0.5) is 0 Å². The van der Waals surface area contributed by atoms with E-state index in [0.717, 1.165) is 0 Å². The fraction of sp³-hybridized carbons (Fsp3) is 0.273. The van der Waals surface area contributed by atoms with Gasteiger partial charge in [-0.3, -0.25) is 4.52 Å². The van der Waals surface area contributed by atoms with Crippen LogP contribution in [0.1, 0.15) is 34.6 Å². The first-order valence-corrected chi connectivity index (χ1v) is 9.11. The fourth-order valence-corrected chi connectivity index (χ4v) is 3.04. The third-order valence-electron chi connectivity index (χ3n) is 1.94. The minimum atomic E-state index is -4.98. The van der Waals surface area contributed by atoms with Crippen molar-refractivity contribution in [3.05, 3.63) is 35.4 Å². The molecule has 0 heterocycles. The Hall–Kier alpha value is -1.58. The molecular formula is C11H16O11P2. The number of rotatable bonds is 6. The number of hydrogen-bond acceptors (Lipinski definition) is 6. The molecular weight excluding hydrogens is 370 g/mol. The van der Waals surface area contributed by atoms with Crippen molar-refractivity contribution >= 4 is 27.6 Å². The highest BCUT2D eigenvalue weighted by Gasteiger charge is 2.32.